The van der Waals surface area contributed by atoms with Crippen LogP contribution in [0.3, 0.4) is 0 Å². The summed E-state index contributed by atoms with van der Waals surface area (Å²) in [6.45, 7) is 4.75. The number of ether oxygens (including phenoxy) is 1. The van der Waals surface area contributed by atoms with Crippen LogP contribution in [0.2, 0.25) is 0 Å². The van der Waals surface area contributed by atoms with Crippen molar-refractivity contribution >= 4 is 11.9 Å². The van der Waals surface area contributed by atoms with Crippen LogP contribution in [-0.2, 0) is 14.3 Å². The van der Waals surface area contributed by atoms with Gasteiger partial charge in [-0.3, -0.25) is 14.9 Å². The fourth-order valence-electron chi connectivity index (χ4n) is 2.52. The molecule has 5 nitrogen and oxygen atoms in total. The first-order chi connectivity index (χ1) is 9.52. The molecule has 1 saturated heterocycles. The van der Waals surface area contributed by atoms with Crippen molar-refractivity contribution in [3.63, 3.8) is 0 Å². The van der Waals surface area contributed by atoms with Crippen LogP contribution >= 0.6 is 0 Å². The van der Waals surface area contributed by atoms with Gasteiger partial charge in [-0.25, -0.2) is 0 Å². The van der Waals surface area contributed by atoms with Crippen LogP contribution in [0, 0.1) is 13.8 Å². The Hall–Kier alpha value is -1.88. The fraction of sp³-hybridized carbons (Fsp3) is 0.467. The van der Waals surface area contributed by atoms with Gasteiger partial charge in [0, 0.05) is 6.54 Å². The number of rotatable bonds is 4. The third-order valence-corrected chi connectivity index (χ3v) is 3.58. The number of carbonyl (C=O) groups excluding carboxylic acids is 2. The molecule has 0 spiro atoms. The average Bonchev–Trinajstić information content (AvgIpc) is 2.77. The summed E-state index contributed by atoms with van der Waals surface area (Å²) in [7, 11) is 1.36. The Morgan fingerprint density at radius 3 is 2.85 bits per heavy atom. The Labute approximate surface area is 118 Å². The maximum atomic E-state index is 11.9. The third kappa shape index (κ3) is 2.99. The molecule has 0 aromatic heterocycles. The average molecular weight is 276 g/mol. The Balaban J connectivity index is 2.17. The molecule has 1 atom stereocenters. The SMILES string of the molecule is COC(=O)CCN1C(=O)CNC1c1ccc(C)cc1C. The van der Waals surface area contributed by atoms with Gasteiger partial charge in [-0.2, -0.15) is 0 Å². The van der Waals surface area contributed by atoms with Crippen LogP contribution in [0.4, 0.5) is 0 Å². The molecule has 20 heavy (non-hydrogen) atoms. The molecule has 1 amide bonds. The zero-order valence-electron chi connectivity index (χ0n) is 12.1. The lowest BCUT2D eigenvalue weighted by Crippen LogP contribution is -2.32. The highest BCUT2D eigenvalue weighted by Crippen LogP contribution is 2.26. The molecule has 1 N–H and O–H groups in total. The summed E-state index contributed by atoms with van der Waals surface area (Å²) in [5.41, 5.74) is 3.41. The maximum absolute atomic E-state index is 11.9. The monoisotopic (exact) mass is 276 g/mol. The lowest BCUT2D eigenvalue weighted by Gasteiger charge is -2.25. The molecule has 1 unspecified atom stereocenters. The number of esters is 1. The summed E-state index contributed by atoms with van der Waals surface area (Å²) in [5.74, 6) is -0.289. The Bertz CT molecular complexity index is 528. The molecule has 0 saturated carbocycles. The lowest BCUT2D eigenvalue weighted by molar-refractivity contribution is -0.141. The number of amides is 1. The minimum atomic E-state index is -0.302. The van der Waals surface area contributed by atoms with Gasteiger partial charge in [0.1, 0.15) is 6.17 Å². The van der Waals surface area contributed by atoms with Crippen LogP contribution < -0.4 is 5.32 Å². The molecule has 0 bridgehead atoms. The standard InChI is InChI=1S/C15H20N2O3/c1-10-4-5-12(11(2)8-10)15-16-9-13(18)17(15)7-6-14(19)20-3/h4-5,8,15-16H,6-7,9H2,1-3H3. The lowest BCUT2D eigenvalue weighted by atomic mass is 10.0. The van der Waals surface area contributed by atoms with E-state index in [2.05, 4.69) is 16.1 Å². The summed E-state index contributed by atoms with van der Waals surface area (Å²) < 4.78 is 4.63. The zero-order chi connectivity index (χ0) is 14.7. The Kier molecular flexibility index (Phi) is 4.39. The van der Waals surface area contributed by atoms with Crippen molar-refractivity contribution in [1.82, 2.24) is 10.2 Å². The van der Waals surface area contributed by atoms with Crippen LogP contribution in [-0.4, -0.2) is 37.0 Å². The van der Waals surface area contributed by atoms with Crippen molar-refractivity contribution in [2.75, 3.05) is 20.2 Å². The minimum absolute atomic E-state index is 0.0129. The van der Waals surface area contributed by atoms with Crippen LogP contribution in [0.5, 0.6) is 0 Å². The quantitative estimate of drug-likeness (QED) is 0.842. The number of nitrogens with zero attached hydrogens (tertiary/aromatic N) is 1. The number of hydrogen-bond donors (Lipinski definition) is 1. The van der Waals surface area contributed by atoms with Gasteiger partial charge in [0.05, 0.1) is 20.1 Å². The molecule has 1 heterocycles. The number of carbonyl (C=O) groups is 2. The van der Waals surface area contributed by atoms with Crippen molar-refractivity contribution in [1.29, 1.82) is 0 Å². The minimum Gasteiger partial charge on any atom is -0.469 e. The smallest absolute Gasteiger partial charge is 0.307 e. The van der Waals surface area contributed by atoms with E-state index in [4.69, 9.17) is 0 Å². The van der Waals surface area contributed by atoms with Crippen LogP contribution in [0.1, 0.15) is 29.3 Å². The van der Waals surface area contributed by atoms with Crippen LogP contribution in [0.25, 0.3) is 0 Å². The predicted octanol–water partition coefficient (Wildman–Crippen LogP) is 1.30. The van der Waals surface area contributed by atoms with E-state index in [0.29, 0.717) is 13.1 Å². The van der Waals surface area contributed by atoms with E-state index in [0.717, 1.165) is 11.1 Å². The molecule has 1 aliphatic rings. The van der Waals surface area contributed by atoms with Crippen molar-refractivity contribution in [2.24, 2.45) is 0 Å². The molecular formula is C15H20N2O3. The van der Waals surface area contributed by atoms with Gasteiger partial charge < -0.3 is 9.64 Å². The predicted molar refractivity (Wildman–Crippen MR) is 75.0 cm³/mol. The summed E-state index contributed by atoms with van der Waals surface area (Å²) in [4.78, 5) is 24.9. The normalized spacial score (nSPS) is 18.4. The first kappa shape index (κ1) is 14.5. The first-order valence-corrected chi connectivity index (χ1v) is 6.69. The van der Waals surface area contributed by atoms with Gasteiger partial charge in [-0.15, -0.1) is 0 Å². The number of benzene rings is 1. The van der Waals surface area contributed by atoms with Gasteiger partial charge in [0.2, 0.25) is 5.91 Å². The van der Waals surface area contributed by atoms with Gasteiger partial charge in [0.15, 0.2) is 0 Å². The second-order valence-corrected chi connectivity index (χ2v) is 5.06. The summed E-state index contributed by atoms with van der Waals surface area (Å²) in [5, 5.41) is 3.20. The molecule has 1 fully saturated rings. The van der Waals surface area contributed by atoms with E-state index in [1.165, 1.54) is 12.7 Å². The van der Waals surface area contributed by atoms with Crippen molar-refractivity contribution in [3.05, 3.63) is 34.9 Å². The number of aryl methyl sites for hydroxylation is 2. The van der Waals surface area contributed by atoms with E-state index in [9.17, 15) is 9.59 Å². The van der Waals surface area contributed by atoms with E-state index in [1.54, 1.807) is 4.90 Å². The second kappa shape index (κ2) is 6.05. The van der Waals surface area contributed by atoms with E-state index in [-0.39, 0.29) is 24.5 Å². The van der Waals surface area contributed by atoms with Crippen molar-refractivity contribution < 1.29 is 14.3 Å². The molecule has 1 aliphatic heterocycles. The molecule has 108 valence electrons. The molecular weight excluding hydrogens is 256 g/mol. The van der Waals surface area contributed by atoms with Crippen LogP contribution in [0.15, 0.2) is 18.2 Å². The van der Waals surface area contributed by atoms with Gasteiger partial charge in [-0.1, -0.05) is 23.8 Å². The Morgan fingerprint density at radius 2 is 2.20 bits per heavy atom. The number of methoxy groups -OCH3 is 1. The number of hydrogen-bond acceptors (Lipinski definition) is 4. The summed E-state index contributed by atoms with van der Waals surface area (Å²) in [6.07, 6.45) is 0.0541. The largest absolute Gasteiger partial charge is 0.469 e. The highest BCUT2D eigenvalue weighted by atomic mass is 16.5. The highest BCUT2D eigenvalue weighted by Gasteiger charge is 2.32. The molecule has 0 radical (unpaired) electrons. The topological polar surface area (TPSA) is 58.6 Å². The zero-order valence-corrected chi connectivity index (χ0v) is 12.1. The molecule has 1 aromatic rings. The van der Waals surface area contributed by atoms with Gasteiger partial charge in [-0.05, 0) is 25.0 Å². The highest BCUT2D eigenvalue weighted by molar-refractivity contribution is 5.81. The summed E-state index contributed by atoms with van der Waals surface area (Å²) >= 11 is 0. The first-order valence-electron chi connectivity index (χ1n) is 6.69. The second-order valence-electron chi connectivity index (χ2n) is 5.06. The van der Waals surface area contributed by atoms with E-state index < -0.39 is 0 Å². The Morgan fingerprint density at radius 1 is 1.45 bits per heavy atom. The van der Waals surface area contributed by atoms with Crippen molar-refractivity contribution in [2.45, 2.75) is 26.4 Å². The third-order valence-electron chi connectivity index (χ3n) is 3.58. The van der Waals surface area contributed by atoms with Crippen molar-refractivity contribution in [3.8, 4) is 0 Å². The molecule has 1 aromatic carbocycles. The maximum Gasteiger partial charge on any atom is 0.307 e. The van der Waals surface area contributed by atoms with E-state index >= 15 is 0 Å². The van der Waals surface area contributed by atoms with E-state index in [1.807, 2.05) is 26.0 Å². The molecule has 5 heteroatoms. The van der Waals surface area contributed by atoms with Gasteiger partial charge >= 0.3 is 5.97 Å². The number of nitrogens with one attached hydrogen (secondary N) is 1. The fourth-order valence-corrected chi connectivity index (χ4v) is 2.52. The molecule has 0 aliphatic carbocycles. The van der Waals surface area contributed by atoms with Gasteiger partial charge in [0.25, 0.3) is 0 Å². The summed E-state index contributed by atoms with van der Waals surface area (Å²) in [6, 6.07) is 6.16. The molecule has 2 rings (SSSR count).